The Morgan fingerprint density at radius 2 is 1.79 bits per heavy atom. The molecule has 1 heterocycles. The Morgan fingerprint density at radius 3 is 2.39 bits per heavy atom. The van der Waals surface area contributed by atoms with Crippen molar-refractivity contribution >= 4 is 29.1 Å². The molecule has 0 aliphatic heterocycles. The lowest BCUT2D eigenvalue weighted by atomic mass is 10.1. The van der Waals surface area contributed by atoms with Crippen molar-refractivity contribution in [2.45, 2.75) is 19.8 Å². The highest BCUT2D eigenvalue weighted by molar-refractivity contribution is 7.13. The molecular weight excluding hydrogens is 378 g/mol. The number of esters is 1. The van der Waals surface area contributed by atoms with Crippen molar-refractivity contribution < 1.29 is 19.1 Å². The highest BCUT2D eigenvalue weighted by atomic mass is 32.1. The van der Waals surface area contributed by atoms with Crippen LogP contribution in [0.4, 0.5) is 0 Å². The molecule has 1 aromatic heterocycles. The van der Waals surface area contributed by atoms with Crippen molar-refractivity contribution in [2.75, 3.05) is 7.11 Å². The number of methoxy groups -OCH3 is 1. The van der Waals surface area contributed by atoms with Crippen LogP contribution in [0.15, 0.2) is 54.2 Å². The summed E-state index contributed by atoms with van der Waals surface area (Å²) in [6.07, 6.45) is 2.09. The minimum Gasteiger partial charge on any atom is -0.464 e. The van der Waals surface area contributed by atoms with Crippen molar-refractivity contribution in [1.82, 2.24) is 15.6 Å². The van der Waals surface area contributed by atoms with E-state index in [1.807, 2.05) is 24.3 Å². The molecule has 0 fully saturated rings. The first kappa shape index (κ1) is 21.0. The van der Waals surface area contributed by atoms with Crippen LogP contribution in [0.25, 0.3) is 10.6 Å². The third-order valence-electron chi connectivity index (χ3n) is 3.71. The highest BCUT2D eigenvalue weighted by Gasteiger charge is 2.18. The minimum absolute atomic E-state index is 0.165. The molecule has 0 radical (unpaired) electrons. The number of rotatable bonds is 8. The van der Waals surface area contributed by atoms with Crippen LogP contribution in [0.1, 0.15) is 29.4 Å². The molecule has 146 valence electrons. The van der Waals surface area contributed by atoms with Gasteiger partial charge in [0.1, 0.15) is 16.4 Å². The second-order valence-electron chi connectivity index (χ2n) is 5.84. The lowest BCUT2D eigenvalue weighted by Gasteiger charge is -2.09. The zero-order valence-corrected chi connectivity index (χ0v) is 16.5. The van der Waals surface area contributed by atoms with Gasteiger partial charge in [0.05, 0.1) is 12.8 Å². The third-order valence-corrected chi connectivity index (χ3v) is 4.60. The monoisotopic (exact) mass is 399 g/mol. The topological polar surface area (TPSA) is 97.4 Å². The molecular formula is C20H21N3O4S. The summed E-state index contributed by atoms with van der Waals surface area (Å²) in [7, 11) is 1.16. The van der Waals surface area contributed by atoms with Gasteiger partial charge in [0.2, 0.25) is 0 Å². The molecule has 0 bridgehead atoms. The number of aromatic nitrogens is 1. The molecule has 8 heteroatoms. The Labute approximate surface area is 167 Å². The summed E-state index contributed by atoms with van der Waals surface area (Å²) in [6.45, 7) is 8.98. The number of benzene rings is 1. The van der Waals surface area contributed by atoms with Gasteiger partial charge in [0.25, 0.3) is 11.8 Å². The molecule has 0 atom stereocenters. The van der Waals surface area contributed by atoms with Crippen molar-refractivity contribution in [3.63, 3.8) is 0 Å². The van der Waals surface area contributed by atoms with Gasteiger partial charge in [-0.25, -0.2) is 9.78 Å². The van der Waals surface area contributed by atoms with Gasteiger partial charge in [-0.15, -0.1) is 11.3 Å². The zero-order valence-electron chi connectivity index (χ0n) is 15.7. The predicted molar refractivity (Wildman–Crippen MR) is 107 cm³/mol. The van der Waals surface area contributed by atoms with Gasteiger partial charge in [-0.05, 0) is 12.0 Å². The number of amides is 2. The first-order valence-corrected chi connectivity index (χ1v) is 9.37. The second kappa shape index (κ2) is 9.61. The molecule has 0 saturated heterocycles. The Balaban J connectivity index is 1.99. The van der Waals surface area contributed by atoms with Gasteiger partial charge < -0.3 is 15.4 Å². The molecule has 2 rings (SSSR count). The molecule has 2 amide bonds. The Bertz CT molecular complexity index is 916. The maximum atomic E-state index is 12.3. The molecule has 7 nitrogen and oxygen atoms in total. The van der Waals surface area contributed by atoms with Crippen molar-refractivity contribution in [2.24, 2.45) is 0 Å². The lowest BCUT2D eigenvalue weighted by molar-refractivity contribution is -0.137. The van der Waals surface area contributed by atoms with Crippen LogP contribution in [0.3, 0.4) is 0 Å². The maximum absolute atomic E-state index is 12.3. The van der Waals surface area contributed by atoms with E-state index in [4.69, 9.17) is 0 Å². The number of nitrogens with one attached hydrogen (secondary N) is 2. The van der Waals surface area contributed by atoms with Gasteiger partial charge in [0.15, 0.2) is 0 Å². The smallest absolute Gasteiger partial charge is 0.353 e. The average Bonchev–Trinajstić information content (AvgIpc) is 3.18. The predicted octanol–water partition coefficient (Wildman–Crippen LogP) is 2.81. The number of aryl methyl sites for hydroxylation is 1. The fourth-order valence-corrected chi connectivity index (χ4v) is 3.06. The molecule has 28 heavy (non-hydrogen) atoms. The Morgan fingerprint density at radius 1 is 1.11 bits per heavy atom. The van der Waals surface area contributed by atoms with Crippen molar-refractivity contribution in [3.8, 4) is 10.6 Å². The Kier molecular flexibility index (Phi) is 7.22. The standard InChI is InChI=1S/C20H21N3O4S/c1-5-6-14-7-9-15(10-8-14)19-23-16(11-28-19)18(25)21-12(2)17(24)22-13(3)20(26)27-4/h7-11H,2-3,5-6H2,1,4H3,(H,21,25)(H,22,24). The quantitative estimate of drug-likeness (QED) is 0.525. The van der Waals surface area contributed by atoms with Crippen LogP contribution in [0.2, 0.25) is 0 Å². The fourth-order valence-electron chi connectivity index (χ4n) is 2.26. The number of hydrogen-bond donors (Lipinski definition) is 2. The van der Waals surface area contributed by atoms with E-state index < -0.39 is 17.8 Å². The maximum Gasteiger partial charge on any atom is 0.353 e. The van der Waals surface area contributed by atoms with Crippen LogP contribution >= 0.6 is 11.3 Å². The van der Waals surface area contributed by atoms with E-state index in [2.05, 4.69) is 40.4 Å². The summed E-state index contributed by atoms with van der Waals surface area (Å²) in [5, 5.41) is 6.85. The van der Waals surface area contributed by atoms with Crippen molar-refractivity contribution in [1.29, 1.82) is 0 Å². The second-order valence-corrected chi connectivity index (χ2v) is 6.70. The third kappa shape index (κ3) is 5.37. The van der Waals surface area contributed by atoms with E-state index in [0.717, 1.165) is 25.5 Å². The Hall–Kier alpha value is -3.26. The summed E-state index contributed by atoms with van der Waals surface area (Å²) < 4.78 is 4.43. The van der Waals surface area contributed by atoms with Crippen LogP contribution in [-0.4, -0.2) is 29.9 Å². The fraction of sp³-hybridized carbons (Fsp3) is 0.200. The minimum atomic E-state index is -0.790. The molecule has 0 spiro atoms. The van der Waals surface area contributed by atoms with E-state index in [1.54, 1.807) is 5.38 Å². The van der Waals surface area contributed by atoms with E-state index in [-0.39, 0.29) is 17.1 Å². The molecule has 0 aliphatic carbocycles. The van der Waals surface area contributed by atoms with Crippen LogP contribution < -0.4 is 10.6 Å². The SMILES string of the molecule is C=C(NC(=O)c1csc(-c2ccc(CCC)cc2)n1)C(=O)NC(=C)C(=O)OC. The molecule has 1 aromatic carbocycles. The molecule has 0 saturated carbocycles. The van der Waals surface area contributed by atoms with Gasteiger partial charge >= 0.3 is 5.97 Å². The summed E-state index contributed by atoms with van der Waals surface area (Å²) >= 11 is 1.33. The number of carbonyl (C=O) groups is 3. The van der Waals surface area contributed by atoms with Crippen molar-refractivity contribution in [3.05, 3.63) is 65.5 Å². The molecule has 2 aromatic rings. The van der Waals surface area contributed by atoms with Gasteiger partial charge in [0, 0.05) is 10.9 Å². The number of hydrogen-bond acceptors (Lipinski definition) is 6. The largest absolute Gasteiger partial charge is 0.464 e. The molecule has 0 aliphatic rings. The summed E-state index contributed by atoms with van der Waals surface area (Å²) in [4.78, 5) is 39.8. The van der Waals surface area contributed by atoms with Crippen LogP contribution in [0.5, 0.6) is 0 Å². The van der Waals surface area contributed by atoms with E-state index in [9.17, 15) is 14.4 Å². The first-order valence-electron chi connectivity index (χ1n) is 8.49. The van der Waals surface area contributed by atoms with Gasteiger partial charge in [-0.1, -0.05) is 50.8 Å². The number of carbonyl (C=O) groups excluding carboxylic acids is 3. The number of thiazole rings is 1. The lowest BCUT2D eigenvalue weighted by Crippen LogP contribution is -2.35. The van der Waals surface area contributed by atoms with Gasteiger partial charge in [-0.3, -0.25) is 9.59 Å². The van der Waals surface area contributed by atoms with Crippen LogP contribution in [0, 0.1) is 0 Å². The van der Waals surface area contributed by atoms with E-state index in [1.165, 1.54) is 16.9 Å². The zero-order chi connectivity index (χ0) is 20.7. The molecule has 0 unspecified atom stereocenters. The average molecular weight is 399 g/mol. The van der Waals surface area contributed by atoms with Crippen LogP contribution in [-0.2, 0) is 20.7 Å². The van der Waals surface area contributed by atoms with Gasteiger partial charge in [-0.2, -0.15) is 0 Å². The summed E-state index contributed by atoms with van der Waals surface area (Å²) in [6, 6.07) is 8.02. The van der Waals surface area contributed by atoms with E-state index in [0.29, 0.717) is 5.01 Å². The summed E-state index contributed by atoms with van der Waals surface area (Å²) in [5.41, 5.74) is 1.82. The number of nitrogens with zero attached hydrogens (tertiary/aromatic N) is 1. The van der Waals surface area contributed by atoms with E-state index >= 15 is 0 Å². The summed E-state index contributed by atoms with van der Waals surface area (Å²) in [5.74, 6) is -2.14. The first-order chi connectivity index (χ1) is 13.3. The number of ether oxygens (including phenoxy) is 1. The highest BCUT2D eigenvalue weighted by Crippen LogP contribution is 2.24. The molecule has 2 N–H and O–H groups in total. The normalized spacial score (nSPS) is 10.1.